The molecule has 0 radical (unpaired) electrons. The van der Waals surface area contributed by atoms with Crippen molar-refractivity contribution < 1.29 is 24.2 Å². The number of hydrogen-bond acceptors (Lipinski definition) is 5. The van der Waals surface area contributed by atoms with Gasteiger partial charge >= 0.3 is 0 Å². The lowest BCUT2D eigenvalue weighted by Crippen LogP contribution is -2.29. The number of methoxy groups -OCH3 is 2. The fourth-order valence-electron chi connectivity index (χ4n) is 4.80. The van der Waals surface area contributed by atoms with Crippen molar-refractivity contribution in [3.63, 3.8) is 0 Å². The van der Waals surface area contributed by atoms with E-state index in [1.165, 1.54) is 31.3 Å². The summed E-state index contributed by atoms with van der Waals surface area (Å²) in [5, 5.41) is 13.1. The first kappa shape index (κ1) is 24.7. The number of ether oxygens (including phenoxy) is 2. The zero-order valence-corrected chi connectivity index (χ0v) is 21.7. The van der Waals surface area contributed by atoms with Crippen molar-refractivity contribution in [2.45, 2.75) is 6.04 Å². The highest BCUT2D eigenvalue weighted by atomic mass is 35.5. The van der Waals surface area contributed by atoms with Gasteiger partial charge in [0, 0.05) is 46.5 Å². The first-order valence-corrected chi connectivity index (χ1v) is 12.0. The standard InChI is InChI=1S/C28H22Cl2N2O5/c1-31-14-19(17-9-4-5-10-21(17)31)25-24(26(33)18-12-23(37-3)20(30)13-22(18)36-2)27(34)28(35)32(25)16-8-6-7-15(29)11-16/h4-14,25,33H,1-3H3/b26-24+. The molecule has 1 N–H and O–H groups in total. The molecular formula is C28H22Cl2N2O5. The van der Waals surface area contributed by atoms with E-state index < -0.39 is 23.5 Å². The summed E-state index contributed by atoms with van der Waals surface area (Å²) in [4.78, 5) is 28.5. The number of para-hydroxylation sites is 1. The fourth-order valence-corrected chi connectivity index (χ4v) is 5.22. The van der Waals surface area contributed by atoms with Gasteiger partial charge in [-0.2, -0.15) is 0 Å². The van der Waals surface area contributed by atoms with Gasteiger partial charge in [0.05, 0.1) is 36.4 Å². The van der Waals surface area contributed by atoms with Gasteiger partial charge in [0.1, 0.15) is 17.3 Å². The Kier molecular flexibility index (Phi) is 6.35. The number of rotatable bonds is 5. The van der Waals surface area contributed by atoms with Crippen LogP contribution in [0, 0.1) is 0 Å². The number of ketones is 1. The second kappa shape index (κ2) is 9.50. The highest BCUT2D eigenvalue weighted by Gasteiger charge is 2.48. The zero-order valence-electron chi connectivity index (χ0n) is 20.2. The SMILES string of the molecule is COc1cc(/C(O)=C2\C(=O)C(=O)N(c3cccc(Cl)c3)C2c2cn(C)c3ccccc23)c(OC)cc1Cl. The Morgan fingerprint density at radius 1 is 0.946 bits per heavy atom. The molecule has 1 saturated heterocycles. The van der Waals surface area contributed by atoms with Gasteiger partial charge in [-0.25, -0.2) is 0 Å². The third-order valence-corrected chi connectivity index (χ3v) is 7.01. The number of aliphatic hydroxyl groups is 1. The van der Waals surface area contributed by atoms with Crippen molar-refractivity contribution >= 4 is 57.2 Å². The monoisotopic (exact) mass is 536 g/mol. The number of carbonyl (C=O) groups is 2. The minimum atomic E-state index is -0.948. The summed E-state index contributed by atoms with van der Waals surface area (Å²) in [5.41, 5.74) is 2.06. The molecular weight excluding hydrogens is 515 g/mol. The summed E-state index contributed by atoms with van der Waals surface area (Å²) >= 11 is 12.5. The van der Waals surface area contributed by atoms with Crippen molar-refractivity contribution in [2.75, 3.05) is 19.1 Å². The van der Waals surface area contributed by atoms with E-state index in [0.717, 1.165) is 10.9 Å². The van der Waals surface area contributed by atoms with Crippen LogP contribution in [0.25, 0.3) is 16.7 Å². The molecule has 9 heteroatoms. The van der Waals surface area contributed by atoms with Gasteiger partial charge in [-0.15, -0.1) is 0 Å². The van der Waals surface area contributed by atoms with Crippen LogP contribution in [-0.2, 0) is 16.6 Å². The molecule has 0 aliphatic carbocycles. The predicted octanol–water partition coefficient (Wildman–Crippen LogP) is 6.13. The van der Waals surface area contributed by atoms with Crippen molar-refractivity contribution in [3.05, 3.63) is 93.6 Å². The second-order valence-electron chi connectivity index (χ2n) is 8.55. The summed E-state index contributed by atoms with van der Waals surface area (Å²) < 4.78 is 12.7. The molecule has 1 amide bonds. The number of anilines is 1. The number of aliphatic hydroxyl groups excluding tert-OH is 1. The molecule has 1 fully saturated rings. The molecule has 3 aromatic carbocycles. The van der Waals surface area contributed by atoms with Crippen LogP contribution in [0.15, 0.2) is 72.4 Å². The van der Waals surface area contributed by atoms with Crippen molar-refractivity contribution in [1.82, 2.24) is 4.57 Å². The number of amides is 1. The molecule has 7 nitrogen and oxygen atoms in total. The number of fused-ring (bicyclic) bond motifs is 1. The molecule has 188 valence electrons. The normalized spacial score (nSPS) is 17.0. The Morgan fingerprint density at radius 2 is 1.68 bits per heavy atom. The number of aromatic nitrogens is 1. The number of halogens is 2. The molecule has 0 bridgehead atoms. The average Bonchev–Trinajstić information content (AvgIpc) is 3.36. The molecule has 4 aromatic rings. The molecule has 1 aliphatic heterocycles. The molecule has 1 atom stereocenters. The van der Waals surface area contributed by atoms with Crippen LogP contribution >= 0.6 is 23.2 Å². The van der Waals surface area contributed by atoms with E-state index in [9.17, 15) is 14.7 Å². The Balaban J connectivity index is 1.84. The van der Waals surface area contributed by atoms with E-state index in [4.69, 9.17) is 32.7 Å². The van der Waals surface area contributed by atoms with Crippen molar-refractivity contribution in [3.8, 4) is 11.5 Å². The van der Waals surface area contributed by atoms with Crippen LogP contribution in [0.2, 0.25) is 10.0 Å². The highest BCUT2D eigenvalue weighted by molar-refractivity contribution is 6.52. The molecule has 1 aliphatic rings. The van der Waals surface area contributed by atoms with E-state index in [1.807, 2.05) is 42.1 Å². The van der Waals surface area contributed by atoms with E-state index in [2.05, 4.69) is 0 Å². The lowest BCUT2D eigenvalue weighted by Gasteiger charge is -2.25. The number of hydrogen-bond donors (Lipinski definition) is 1. The van der Waals surface area contributed by atoms with Gasteiger partial charge in [0.25, 0.3) is 11.7 Å². The van der Waals surface area contributed by atoms with E-state index in [0.29, 0.717) is 16.3 Å². The Hall–Kier alpha value is -3.94. The lowest BCUT2D eigenvalue weighted by atomic mass is 9.94. The van der Waals surface area contributed by atoms with Gasteiger partial charge < -0.3 is 19.1 Å². The van der Waals surface area contributed by atoms with Crippen molar-refractivity contribution in [2.24, 2.45) is 7.05 Å². The van der Waals surface area contributed by atoms with Gasteiger partial charge in [-0.3, -0.25) is 14.5 Å². The quantitative estimate of drug-likeness (QED) is 0.188. The van der Waals surface area contributed by atoms with Gasteiger partial charge in [-0.05, 0) is 30.3 Å². The summed E-state index contributed by atoms with van der Waals surface area (Å²) in [6, 6.07) is 16.3. The summed E-state index contributed by atoms with van der Waals surface area (Å²) in [7, 11) is 4.73. The van der Waals surface area contributed by atoms with E-state index >= 15 is 0 Å². The van der Waals surface area contributed by atoms with Crippen LogP contribution in [-0.4, -0.2) is 35.6 Å². The minimum Gasteiger partial charge on any atom is -0.507 e. The number of benzene rings is 3. The molecule has 0 saturated carbocycles. The third-order valence-electron chi connectivity index (χ3n) is 6.48. The Morgan fingerprint density at radius 3 is 2.38 bits per heavy atom. The highest BCUT2D eigenvalue weighted by Crippen LogP contribution is 2.46. The van der Waals surface area contributed by atoms with E-state index in [-0.39, 0.29) is 27.7 Å². The van der Waals surface area contributed by atoms with Gasteiger partial charge in [0.2, 0.25) is 0 Å². The maximum atomic E-state index is 13.6. The average molecular weight is 537 g/mol. The topological polar surface area (TPSA) is 81.0 Å². The number of Topliss-reactive ketones (excluding diaryl/α,β-unsaturated/α-hetero) is 1. The summed E-state index contributed by atoms with van der Waals surface area (Å²) in [6.45, 7) is 0. The van der Waals surface area contributed by atoms with Crippen LogP contribution < -0.4 is 14.4 Å². The molecule has 37 heavy (non-hydrogen) atoms. The Labute approximate surface area is 223 Å². The van der Waals surface area contributed by atoms with Crippen LogP contribution in [0.5, 0.6) is 11.5 Å². The first-order chi connectivity index (χ1) is 17.8. The minimum absolute atomic E-state index is 0.0935. The number of aryl methyl sites for hydroxylation is 1. The lowest BCUT2D eigenvalue weighted by molar-refractivity contribution is -0.132. The number of nitrogens with zero attached hydrogens (tertiary/aromatic N) is 2. The van der Waals surface area contributed by atoms with E-state index in [1.54, 1.807) is 24.3 Å². The van der Waals surface area contributed by atoms with Gasteiger partial charge in [-0.1, -0.05) is 47.5 Å². The second-order valence-corrected chi connectivity index (χ2v) is 9.39. The first-order valence-electron chi connectivity index (χ1n) is 11.3. The number of carbonyl (C=O) groups excluding carboxylic acids is 2. The molecule has 5 rings (SSSR count). The largest absolute Gasteiger partial charge is 0.507 e. The summed E-state index contributed by atoms with van der Waals surface area (Å²) in [6.07, 6.45) is 1.85. The molecule has 2 heterocycles. The smallest absolute Gasteiger partial charge is 0.300 e. The van der Waals surface area contributed by atoms with Crippen LogP contribution in [0.3, 0.4) is 0 Å². The Bertz CT molecular complexity index is 1610. The zero-order chi connectivity index (χ0) is 26.4. The third kappa shape index (κ3) is 4.00. The maximum Gasteiger partial charge on any atom is 0.300 e. The van der Waals surface area contributed by atoms with Crippen molar-refractivity contribution in [1.29, 1.82) is 0 Å². The molecule has 1 unspecified atom stereocenters. The summed E-state index contributed by atoms with van der Waals surface area (Å²) in [5.74, 6) is -1.55. The fraction of sp³-hybridized carbons (Fsp3) is 0.143. The van der Waals surface area contributed by atoms with Crippen LogP contribution in [0.4, 0.5) is 5.69 Å². The molecule has 0 spiro atoms. The predicted molar refractivity (Wildman–Crippen MR) is 144 cm³/mol. The van der Waals surface area contributed by atoms with Gasteiger partial charge in [0.15, 0.2) is 0 Å². The maximum absolute atomic E-state index is 13.6. The van der Waals surface area contributed by atoms with Crippen LogP contribution in [0.1, 0.15) is 17.2 Å². The molecule has 1 aromatic heterocycles.